The summed E-state index contributed by atoms with van der Waals surface area (Å²) in [5, 5.41) is 9.75. The third-order valence-corrected chi connectivity index (χ3v) is 8.08. The Bertz CT molecular complexity index is 1050. The van der Waals surface area contributed by atoms with Gasteiger partial charge in [0.25, 0.3) is 11.5 Å². The van der Waals surface area contributed by atoms with Gasteiger partial charge in [0, 0.05) is 31.7 Å². The van der Waals surface area contributed by atoms with Crippen LogP contribution >= 0.6 is 24.0 Å². The second kappa shape index (κ2) is 12.6. The SMILES string of the molecule is CCCCCCCN1C(=O)/C(=C/c2c(C)c(C#N)c(=O)n(CC)c2N2CCCCCC2)SC1=S. The van der Waals surface area contributed by atoms with Crippen LogP contribution in [0.1, 0.15) is 88.3 Å². The molecule has 2 aliphatic heterocycles. The molecule has 0 saturated carbocycles. The molecule has 3 rings (SSSR count). The van der Waals surface area contributed by atoms with Crippen molar-refractivity contribution in [2.45, 2.75) is 85.1 Å². The van der Waals surface area contributed by atoms with E-state index in [2.05, 4.69) is 17.9 Å². The molecule has 2 fully saturated rings. The maximum Gasteiger partial charge on any atom is 0.270 e. The molecule has 1 aromatic rings. The molecule has 0 radical (unpaired) electrons. The summed E-state index contributed by atoms with van der Waals surface area (Å²) in [6.07, 6.45) is 12.0. The summed E-state index contributed by atoms with van der Waals surface area (Å²) in [5.41, 5.74) is 1.33. The van der Waals surface area contributed by atoms with Crippen molar-refractivity contribution in [1.82, 2.24) is 9.47 Å². The van der Waals surface area contributed by atoms with E-state index in [0.29, 0.717) is 27.9 Å². The minimum atomic E-state index is -0.251. The van der Waals surface area contributed by atoms with Crippen molar-refractivity contribution in [3.63, 3.8) is 0 Å². The zero-order valence-corrected chi connectivity index (χ0v) is 22.3. The first-order valence-corrected chi connectivity index (χ1v) is 13.8. The van der Waals surface area contributed by atoms with Gasteiger partial charge in [0.15, 0.2) is 0 Å². The topological polar surface area (TPSA) is 69.3 Å². The lowest BCUT2D eigenvalue weighted by molar-refractivity contribution is -0.122. The van der Waals surface area contributed by atoms with Crippen molar-refractivity contribution in [3.8, 4) is 6.07 Å². The third kappa shape index (κ3) is 5.75. The van der Waals surface area contributed by atoms with Gasteiger partial charge >= 0.3 is 0 Å². The number of pyridine rings is 1. The first kappa shape index (κ1) is 26.5. The molecule has 1 aromatic heterocycles. The Balaban J connectivity index is 2.01. The van der Waals surface area contributed by atoms with Crippen molar-refractivity contribution < 1.29 is 4.79 Å². The molecule has 0 atom stereocenters. The summed E-state index contributed by atoms with van der Waals surface area (Å²) in [7, 11) is 0. The maximum absolute atomic E-state index is 13.3. The fourth-order valence-electron chi connectivity index (χ4n) is 4.76. The van der Waals surface area contributed by atoms with Crippen molar-refractivity contribution in [2.75, 3.05) is 24.5 Å². The van der Waals surface area contributed by atoms with Crippen molar-refractivity contribution in [3.05, 3.63) is 31.9 Å². The lowest BCUT2D eigenvalue weighted by atomic mass is 10.0. The summed E-state index contributed by atoms with van der Waals surface area (Å²) < 4.78 is 2.29. The summed E-state index contributed by atoms with van der Waals surface area (Å²) in [6.45, 7) is 8.78. The predicted molar refractivity (Wildman–Crippen MR) is 145 cm³/mol. The summed E-state index contributed by atoms with van der Waals surface area (Å²) >= 11 is 6.87. The van der Waals surface area contributed by atoms with Crippen LogP contribution in [0.15, 0.2) is 9.70 Å². The number of carbonyl (C=O) groups excluding carboxylic acids is 1. The van der Waals surface area contributed by atoms with Gasteiger partial charge in [0.1, 0.15) is 21.8 Å². The van der Waals surface area contributed by atoms with Crippen LogP contribution in [0.2, 0.25) is 0 Å². The fraction of sp³-hybridized carbons (Fsp3) is 0.615. The first-order chi connectivity index (χ1) is 16.4. The third-order valence-electron chi connectivity index (χ3n) is 6.70. The van der Waals surface area contributed by atoms with Gasteiger partial charge in [-0.05, 0) is 44.7 Å². The lowest BCUT2D eigenvalue weighted by Gasteiger charge is -2.29. The summed E-state index contributed by atoms with van der Waals surface area (Å²) in [6, 6.07) is 2.11. The molecule has 6 nitrogen and oxygen atoms in total. The minimum Gasteiger partial charge on any atom is -0.357 e. The number of thioether (sulfide) groups is 1. The molecule has 184 valence electrons. The quantitative estimate of drug-likeness (QED) is 0.250. The molecule has 0 N–H and O–H groups in total. The number of hydrogen-bond acceptors (Lipinski definition) is 6. The van der Waals surface area contributed by atoms with Crippen LogP contribution in [-0.4, -0.2) is 39.3 Å². The maximum atomic E-state index is 13.3. The van der Waals surface area contributed by atoms with Gasteiger partial charge in [-0.2, -0.15) is 5.26 Å². The molecule has 3 heterocycles. The van der Waals surface area contributed by atoms with Crippen molar-refractivity contribution in [1.29, 1.82) is 5.26 Å². The van der Waals surface area contributed by atoms with Crippen LogP contribution in [0.4, 0.5) is 5.82 Å². The van der Waals surface area contributed by atoms with E-state index in [4.69, 9.17) is 12.2 Å². The Hall–Kier alpha value is -2.11. The highest BCUT2D eigenvalue weighted by atomic mass is 32.2. The highest BCUT2D eigenvalue weighted by Gasteiger charge is 2.33. The van der Waals surface area contributed by atoms with E-state index in [-0.39, 0.29) is 17.0 Å². The van der Waals surface area contributed by atoms with Gasteiger partial charge in [-0.3, -0.25) is 19.1 Å². The smallest absolute Gasteiger partial charge is 0.270 e. The fourth-order valence-corrected chi connectivity index (χ4v) is 6.05. The number of thiocarbonyl (C=S) groups is 1. The Kier molecular flexibility index (Phi) is 9.78. The van der Waals surface area contributed by atoms with E-state index in [1.807, 2.05) is 19.9 Å². The van der Waals surface area contributed by atoms with E-state index >= 15 is 0 Å². The summed E-state index contributed by atoms with van der Waals surface area (Å²) in [4.78, 5) is 31.0. The molecule has 34 heavy (non-hydrogen) atoms. The van der Waals surface area contributed by atoms with Crippen LogP contribution in [0.3, 0.4) is 0 Å². The lowest BCUT2D eigenvalue weighted by Crippen LogP contribution is -2.35. The molecule has 0 aliphatic carbocycles. The van der Waals surface area contributed by atoms with Gasteiger partial charge in [0.05, 0.1) is 4.91 Å². The first-order valence-electron chi connectivity index (χ1n) is 12.6. The van der Waals surface area contributed by atoms with Crippen molar-refractivity contribution >= 4 is 46.1 Å². The van der Waals surface area contributed by atoms with E-state index in [1.54, 1.807) is 9.47 Å². The molecular formula is C26H36N4O2S2. The van der Waals surface area contributed by atoms with Crippen LogP contribution < -0.4 is 10.5 Å². The number of hydrogen-bond donors (Lipinski definition) is 0. The second-order valence-electron chi connectivity index (χ2n) is 9.05. The number of carbonyl (C=O) groups is 1. The number of amides is 1. The van der Waals surface area contributed by atoms with Gasteiger partial charge in [-0.1, -0.05) is 69.4 Å². The standard InChI is InChI=1S/C26H36N4O2S2/c1-4-6-7-8-13-16-30-25(32)22(34-26(30)33)17-20-19(3)21(18-27)24(31)29(5-2)23(20)28-14-11-9-10-12-15-28/h17H,4-16H2,1-3H3/b22-17-. The van der Waals surface area contributed by atoms with Crippen LogP contribution in [-0.2, 0) is 11.3 Å². The van der Waals surface area contributed by atoms with Crippen LogP contribution in [0, 0.1) is 18.3 Å². The average molecular weight is 501 g/mol. The number of unbranched alkanes of at least 4 members (excludes halogenated alkanes) is 4. The number of rotatable bonds is 9. The zero-order chi connectivity index (χ0) is 24.7. The molecule has 0 unspecified atom stereocenters. The monoisotopic (exact) mass is 500 g/mol. The molecular weight excluding hydrogens is 464 g/mol. The predicted octanol–water partition coefficient (Wildman–Crippen LogP) is 5.60. The number of aromatic nitrogens is 1. The van der Waals surface area contributed by atoms with E-state index in [0.717, 1.165) is 50.2 Å². The van der Waals surface area contributed by atoms with Gasteiger partial charge in [-0.25, -0.2) is 0 Å². The van der Waals surface area contributed by atoms with Gasteiger partial charge in [0.2, 0.25) is 0 Å². The minimum absolute atomic E-state index is 0.0699. The van der Waals surface area contributed by atoms with Gasteiger partial charge in [-0.15, -0.1) is 0 Å². The normalized spacial score (nSPS) is 18.0. The number of anilines is 1. The van der Waals surface area contributed by atoms with Crippen molar-refractivity contribution in [2.24, 2.45) is 0 Å². The molecule has 0 aromatic carbocycles. The van der Waals surface area contributed by atoms with Crippen LogP contribution in [0.5, 0.6) is 0 Å². The molecule has 1 amide bonds. The number of nitrogens with zero attached hydrogens (tertiary/aromatic N) is 4. The number of nitriles is 1. The Morgan fingerprint density at radius 3 is 2.35 bits per heavy atom. The van der Waals surface area contributed by atoms with E-state index in [1.165, 1.54) is 43.9 Å². The molecule has 2 saturated heterocycles. The molecule has 8 heteroatoms. The Labute approximate surface area is 213 Å². The zero-order valence-electron chi connectivity index (χ0n) is 20.7. The van der Waals surface area contributed by atoms with Crippen LogP contribution in [0.25, 0.3) is 6.08 Å². The summed E-state index contributed by atoms with van der Waals surface area (Å²) in [5.74, 6) is 0.759. The second-order valence-corrected chi connectivity index (χ2v) is 10.7. The molecule has 0 spiro atoms. The van der Waals surface area contributed by atoms with Gasteiger partial charge < -0.3 is 4.90 Å². The highest BCUT2D eigenvalue weighted by molar-refractivity contribution is 8.26. The van der Waals surface area contributed by atoms with E-state index in [9.17, 15) is 14.9 Å². The largest absolute Gasteiger partial charge is 0.357 e. The Morgan fingerprint density at radius 1 is 1.06 bits per heavy atom. The van der Waals surface area contributed by atoms with E-state index < -0.39 is 0 Å². The highest BCUT2D eigenvalue weighted by Crippen LogP contribution is 2.36. The Morgan fingerprint density at radius 2 is 1.74 bits per heavy atom. The molecule has 0 bridgehead atoms. The average Bonchev–Trinajstić information content (AvgIpc) is 3.00. The molecule has 2 aliphatic rings.